The molecule has 3 aromatic carbocycles. The molecule has 0 bridgehead atoms. The molecule has 0 fully saturated rings. The number of hydrogen-bond acceptors (Lipinski definition) is 2. The van der Waals surface area contributed by atoms with Crippen molar-refractivity contribution >= 4 is 11.4 Å². The van der Waals surface area contributed by atoms with E-state index in [-0.39, 0.29) is 0 Å². The fraction of sp³-hybridized carbons (Fsp3) is 0.0526. The molecule has 3 aromatic rings. The van der Waals surface area contributed by atoms with Crippen molar-refractivity contribution < 1.29 is 0 Å². The van der Waals surface area contributed by atoms with Gasteiger partial charge >= 0.3 is 0 Å². The Morgan fingerprint density at radius 3 is 1.95 bits per heavy atom. The summed E-state index contributed by atoms with van der Waals surface area (Å²) in [5, 5.41) is 0. The van der Waals surface area contributed by atoms with Crippen LogP contribution in [0.1, 0.15) is 11.1 Å². The highest BCUT2D eigenvalue weighted by Crippen LogP contribution is 2.41. The van der Waals surface area contributed by atoms with Crippen molar-refractivity contribution in [3.63, 3.8) is 0 Å². The molecule has 0 spiro atoms. The number of rotatable bonds is 0. The van der Waals surface area contributed by atoms with Crippen LogP contribution in [0.3, 0.4) is 0 Å². The van der Waals surface area contributed by atoms with Crippen LogP contribution < -0.4 is 11.5 Å². The second kappa shape index (κ2) is 5.71. The lowest BCUT2D eigenvalue weighted by Gasteiger charge is -2.06. The molecule has 0 saturated heterocycles. The van der Waals surface area contributed by atoms with Gasteiger partial charge in [0.1, 0.15) is 0 Å². The Labute approximate surface area is 125 Å². The molecule has 0 atom stereocenters. The Bertz CT molecular complexity index is 722. The molecule has 0 aliphatic heterocycles. The predicted octanol–water partition coefficient (Wildman–Crippen LogP) is 4.11. The first kappa shape index (κ1) is 13.3. The molecule has 1 aliphatic carbocycles. The Hall–Kier alpha value is -2.74. The third kappa shape index (κ3) is 2.75. The first-order valence-corrected chi connectivity index (χ1v) is 7.02. The van der Waals surface area contributed by atoms with E-state index in [2.05, 4.69) is 18.2 Å². The Morgan fingerprint density at radius 1 is 0.667 bits per heavy atom. The lowest BCUT2D eigenvalue weighted by molar-refractivity contribution is 1.26. The maximum atomic E-state index is 6.01. The van der Waals surface area contributed by atoms with Gasteiger partial charge in [-0.25, -0.2) is 0 Å². The van der Waals surface area contributed by atoms with Gasteiger partial charge < -0.3 is 11.5 Å². The van der Waals surface area contributed by atoms with Crippen LogP contribution in [0.4, 0.5) is 11.4 Å². The van der Waals surface area contributed by atoms with Crippen molar-refractivity contribution in [2.24, 2.45) is 0 Å². The fourth-order valence-electron chi connectivity index (χ4n) is 2.73. The summed E-state index contributed by atoms with van der Waals surface area (Å²) >= 11 is 0. The summed E-state index contributed by atoms with van der Waals surface area (Å²) in [5.41, 5.74) is 18.3. The standard InChI is InChI=1S/C13H12N2.C6H6/c14-10-6-9-5-8-3-1-2-4-11(8)13(9)12(15)7-10;1-2-4-6-5-3-1/h1-4,6-7H,5,14-15H2;1-6H. The molecule has 4 rings (SSSR count). The zero-order valence-electron chi connectivity index (χ0n) is 11.8. The average molecular weight is 274 g/mol. The predicted molar refractivity (Wildman–Crippen MR) is 90.0 cm³/mol. The van der Waals surface area contributed by atoms with Crippen molar-refractivity contribution in [2.45, 2.75) is 6.42 Å². The maximum absolute atomic E-state index is 6.01. The van der Waals surface area contributed by atoms with Gasteiger partial charge in [-0.3, -0.25) is 0 Å². The van der Waals surface area contributed by atoms with Gasteiger partial charge in [0.15, 0.2) is 0 Å². The van der Waals surface area contributed by atoms with E-state index in [9.17, 15) is 0 Å². The number of anilines is 2. The van der Waals surface area contributed by atoms with Crippen molar-refractivity contribution in [1.82, 2.24) is 0 Å². The van der Waals surface area contributed by atoms with Crippen molar-refractivity contribution in [1.29, 1.82) is 0 Å². The normalized spacial score (nSPS) is 11.0. The second-order valence-electron chi connectivity index (χ2n) is 5.13. The third-order valence-corrected chi connectivity index (χ3v) is 3.61. The van der Waals surface area contributed by atoms with Gasteiger partial charge in [0, 0.05) is 16.9 Å². The summed E-state index contributed by atoms with van der Waals surface area (Å²) in [6.07, 6.45) is 0.945. The van der Waals surface area contributed by atoms with Crippen molar-refractivity contribution in [3.8, 4) is 11.1 Å². The fourth-order valence-corrected chi connectivity index (χ4v) is 2.73. The lowest BCUT2D eigenvalue weighted by Crippen LogP contribution is -1.94. The highest BCUT2D eigenvalue weighted by atomic mass is 14.6. The molecule has 1 aliphatic rings. The molecule has 0 radical (unpaired) electrons. The molecule has 104 valence electrons. The number of nitrogen functional groups attached to an aromatic ring is 2. The minimum Gasteiger partial charge on any atom is -0.399 e. The van der Waals surface area contributed by atoms with Gasteiger partial charge in [0.2, 0.25) is 0 Å². The summed E-state index contributed by atoms with van der Waals surface area (Å²) in [5.74, 6) is 0. The number of benzene rings is 3. The van der Waals surface area contributed by atoms with E-state index in [1.54, 1.807) is 0 Å². The largest absolute Gasteiger partial charge is 0.399 e. The summed E-state index contributed by atoms with van der Waals surface area (Å²) < 4.78 is 0. The van der Waals surface area contributed by atoms with E-state index in [1.807, 2.05) is 54.6 Å². The van der Waals surface area contributed by atoms with Crippen LogP contribution >= 0.6 is 0 Å². The van der Waals surface area contributed by atoms with Gasteiger partial charge in [-0.2, -0.15) is 0 Å². The molecule has 2 heteroatoms. The molecule has 0 aromatic heterocycles. The lowest BCUT2D eigenvalue weighted by atomic mass is 10.0. The van der Waals surface area contributed by atoms with Crippen LogP contribution in [0.25, 0.3) is 11.1 Å². The molecule has 0 amide bonds. The second-order valence-corrected chi connectivity index (χ2v) is 5.13. The SMILES string of the molecule is Nc1cc(N)c2c(c1)Cc1ccccc1-2.c1ccccc1. The van der Waals surface area contributed by atoms with E-state index >= 15 is 0 Å². The summed E-state index contributed by atoms with van der Waals surface area (Å²) in [6.45, 7) is 0. The molecule has 21 heavy (non-hydrogen) atoms. The minimum absolute atomic E-state index is 0.749. The van der Waals surface area contributed by atoms with Gasteiger partial charge in [0.05, 0.1) is 0 Å². The Balaban J connectivity index is 0.000000186. The van der Waals surface area contributed by atoms with E-state index in [1.165, 1.54) is 22.3 Å². The average Bonchev–Trinajstić information content (AvgIpc) is 2.87. The minimum atomic E-state index is 0.749. The molecular formula is C19H18N2. The molecular weight excluding hydrogens is 256 g/mol. The number of hydrogen-bond donors (Lipinski definition) is 2. The van der Waals surface area contributed by atoms with E-state index < -0.39 is 0 Å². The number of nitrogens with two attached hydrogens (primary N) is 2. The first-order chi connectivity index (χ1) is 10.3. The first-order valence-electron chi connectivity index (χ1n) is 7.02. The third-order valence-electron chi connectivity index (χ3n) is 3.61. The summed E-state index contributed by atoms with van der Waals surface area (Å²) in [4.78, 5) is 0. The molecule has 0 heterocycles. The monoisotopic (exact) mass is 274 g/mol. The zero-order valence-corrected chi connectivity index (χ0v) is 11.8. The van der Waals surface area contributed by atoms with Gasteiger partial charge in [0.25, 0.3) is 0 Å². The van der Waals surface area contributed by atoms with Crippen LogP contribution in [0.2, 0.25) is 0 Å². The van der Waals surface area contributed by atoms with Crippen LogP contribution in [0.15, 0.2) is 72.8 Å². The van der Waals surface area contributed by atoms with Crippen molar-refractivity contribution in [2.75, 3.05) is 11.5 Å². The molecule has 0 saturated carbocycles. The van der Waals surface area contributed by atoms with Gasteiger partial charge in [-0.05, 0) is 35.2 Å². The zero-order chi connectivity index (χ0) is 14.7. The van der Waals surface area contributed by atoms with Crippen LogP contribution in [0.5, 0.6) is 0 Å². The Kier molecular flexibility index (Phi) is 3.61. The smallest absolute Gasteiger partial charge is 0.0417 e. The summed E-state index contributed by atoms with van der Waals surface area (Å²) in [7, 11) is 0. The van der Waals surface area contributed by atoms with Crippen LogP contribution in [-0.2, 0) is 6.42 Å². The van der Waals surface area contributed by atoms with Gasteiger partial charge in [-0.1, -0.05) is 60.7 Å². The molecule has 4 N–H and O–H groups in total. The quantitative estimate of drug-likeness (QED) is 0.474. The summed E-state index contributed by atoms with van der Waals surface area (Å²) in [6, 6.07) is 24.2. The van der Waals surface area contributed by atoms with E-state index in [0.717, 1.165) is 17.8 Å². The van der Waals surface area contributed by atoms with E-state index in [4.69, 9.17) is 11.5 Å². The Morgan fingerprint density at radius 2 is 1.29 bits per heavy atom. The topological polar surface area (TPSA) is 52.0 Å². The van der Waals surface area contributed by atoms with Gasteiger partial charge in [-0.15, -0.1) is 0 Å². The molecule has 0 unspecified atom stereocenters. The molecule has 2 nitrogen and oxygen atoms in total. The van der Waals surface area contributed by atoms with E-state index in [0.29, 0.717) is 0 Å². The van der Waals surface area contributed by atoms with Crippen LogP contribution in [-0.4, -0.2) is 0 Å². The van der Waals surface area contributed by atoms with Crippen LogP contribution in [0, 0.1) is 0 Å². The highest BCUT2D eigenvalue weighted by Gasteiger charge is 2.20. The number of fused-ring (bicyclic) bond motifs is 3. The maximum Gasteiger partial charge on any atom is 0.0417 e. The van der Waals surface area contributed by atoms with Crippen molar-refractivity contribution in [3.05, 3.63) is 83.9 Å². The highest BCUT2D eigenvalue weighted by molar-refractivity contribution is 5.87.